The predicted molar refractivity (Wildman–Crippen MR) is 50.9 cm³/mol. The van der Waals surface area contributed by atoms with E-state index in [4.69, 9.17) is 10.2 Å². The molecular weight excluding hydrogens is 152 g/mol. The number of allylic oxidation sites excluding steroid dienone is 2. The second-order valence-corrected chi connectivity index (χ2v) is 2.59. The number of aliphatic hydroxyl groups excluding tert-OH is 2. The van der Waals surface area contributed by atoms with Gasteiger partial charge in [-0.2, -0.15) is 0 Å². The number of hydrogen-bond donors (Lipinski definition) is 2. The molecule has 12 heavy (non-hydrogen) atoms. The van der Waals surface area contributed by atoms with Crippen LogP contribution >= 0.6 is 0 Å². The van der Waals surface area contributed by atoms with Crippen molar-refractivity contribution in [3.05, 3.63) is 24.3 Å². The molecule has 0 spiro atoms. The highest BCUT2D eigenvalue weighted by Crippen LogP contribution is 2.01. The molecule has 0 atom stereocenters. The summed E-state index contributed by atoms with van der Waals surface area (Å²) in [6, 6.07) is 0. The Morgan fingerprint density at radius 3 is 1.42 bits per heavy atom. The third-order valence-electron chi connectivity index (χ3n) is 1.54. The van der Waals surface area contributed by atoms with Gasteiger partial charge in [-0.3, -0.25) is 0 Å². The van der Waals surface area contributed by atoms with Crippen LogP contribution in [0.1, 0.15) is 25.7 Å². The van der Waals surface area contributed by atoms with E-state index in [0.29, 0.717) is 0 Å². The molecule has 0 rings (SSSR count). The van der Waals surface area contributed by atoms with Crippen molar-refractivity contribution in [3.63, 3.8) is 0 Å². The standard InChI is InChI=1S/C10H18O2/c11-9-7-5-3-1-2-4-6-8-10-12/h5-8,11-12H,1-4,9-10H2/b7-5-,8-6+. The Bertz CT molecular complexity index is 112. The first-order chi connectivity index (χ1) is 5.91. The molecule has 0 amide bonds. The molecule has 0 saturated carbocycles. The van der Waals surface area contributed by atoms with Gasteiger partial charge in [0, 0.05) is 0 Å². The van der Waals surface area contributed by atoms with Crippen molar-refractivity contribution in [1.29, 1.82) is 0 Å². The van der Waals surface area contributed by atoms with Gasteiger partial charge >= 0.3 is 0 Å². The molecule has 0 aliphatic heterocycles. The predicted octanol–water partition coefficient (Wildman–Crippen LogP) is 1.64. The number of unbranched alkanes of at least 4 members (excludes halogenated alkanes) is 3. The molecule has 0 radical (unpaired) electrons. The van der Waals surface area contributed by atoms with Gasteiger partial charge in [0.15, 0.2) is 0 Å². The van der Waals surface area contributed by atoms with Crippen LogP contribution in [0.15, 0.2) is 24.3 Å². The van der Waals surface area contributed by atoms with Gasteiger partial charge in [0.2, 0.25) is 0 Å². The van der Waals surface area contributed by atoms with Gasteiger partial charge in [0.25, 0.3) is 0 Å². The molecule has 2 nitrogen and oxygen atoms in total. The highest BCUT2D eigenvalue weighted by molar-refractivity contribution is 4.83. The van der Waals surface area contributed by atoms with E-state index in [1.165, 1.54) is 0 Å². The zero-order valence-corrected chi connectivity index (χ0v) is 7.45. The largest absolute Gasteiger partial charge is 0.392 e. The van der Waals surface area contributed by atoms with Crippen molar-refractivity contribution in [3.8, 4) is 0 Å². The lowest BCUT2D eigenvalue weighted by atomic mass is 10.2. The lowest BCUT2D eigenvalue weighted by molar-refractivity contribution is 0.342. The van der Waals surface area contributed by atoms with Crippen LogP contribution in [-0.2, 0) is 0 Å². The van der Waals surface area contributed by atoms with Gasteiger partial charge in [-0.15, -0.1) is 0 Å². The van der Waals surface area contributed by atoms with Crippen molar-refractivity contribution >= 4 is 0 Å². The third-order valence-corrected chi connectivity index (χ3v) is 1.54. The van der Waals surface area contributed by atoms with E-state index in [0.717, 1.165) is 25.7 Å². The summed E-state index contributed by atoms with van der Waals surface area (Å²) in [5.41, 5.74) is 0. The maximum Gasteiger partial charge on any atom is 0.0612 e. The van der Waals surface area contributed by atoms with Crippen molar-refractivity contribution in [2.75, 3.05) is 13.2 Å². The number of aliphatic hydroxyl groups is 2. The Balaban J connectivity index is 3.00. The molecule has 0 aliphatic carbocycles. The summed E-state index contributed by atoms with van der Waals surface area (Å²) in [6.45, 7) is 0.287. The summed E-state index contributed by atoms with van der Waals surface area (Å²) in [7, 11) is 0. The second kappa shape index (κ2) is 10.4. The smallest absolute Gasteiger partial charge is 0.0612 e. The first kappa shape index (κ1) is 11.4. The zero-order chi connectivity index (χ0) is 9.07. The molecule has 0 fully saturated rings. The molecule has 2 heteroatoms. The van der Waals surface area contributed by atoms with E-state index in [2.05, 4.69) is 0 Å². The van der Waals surface area contributed by atoms with Crippen LogP contribution in [0.4, 0.5) is 0 Å². The monoisotopic (exact) mass is 170 g/mol. The molecule has 0 aromatic rings. The maximum absolute atomic E-state index is 8.41. The Morgan fingerprint density at radius 2 is 1.08 bits per heavy atom. The highest BCUT2D eigenvalue weighted by Gasteiger charge is 1.82. The minimum atomic E-state index is 0.143. The fourth-order valence-electron chi connectivity index (χ4n) is 0.909. The van der Waals surface area contributed by atoms with Crippen LogP contribution in [0.2, 0.25) is 0 Å². The summed E-state index contributed by atoms with van der Waals surface area (Å²) < 4.78 is 0. The Hall–Kier alpha value is -0.600. The van der Waals surface area contributed by atoms with Gasteiger partial charge in [-0.25, -0.2) is 0 Å². The summed E-state index contributed by atoms with van der Waals surface area (Å²) in [6.07, 6.45) is 11.9. The average molecular weight is 170 g/mol. The molecular formula is C10H18O2. The number of hydrogen-bond acceptors (Lipinski definition) is 2. The minimum Gasteiger partial charge on any atom is -0.392 e. The SMILES string of the molecule is OC/C=C\CCCC/C=C/CO. The molecule has 0 heterocycles. The van der Waals surface area contributed by atoms with E-state index in [9.17, 15) is 0 Å². The van der Waals surface area contributed by atoms with E-state index < -0.39 is 0 Å². The second-order valence-electron chi connectivity index (χ2n) is 2.59. The van der Waals surface area contributed by atoms with Crippen LogP contribution in [-0.4, -0.2) is 23.4 Å². The molecule has 0 bridgehead atoms. The molecule has 0 saturated heterocycles. The van der Waals surface area contributed by atoms with Crippen LogP contribution < -0.4 is 0 Å². The molecule has 2 N–H and O–H groups in total. The quantitative estimate of drug-likeness (QED) is 0.450. The van der Waals surface area contributed by atoms with Crippen molar-refractivity contribution in [2.24, 2.45) is 0 Å². The summed E-state index contributed by atoms with van der Waals surface area (Å²) >= 11 is 0. The Kier molecular flexibility index (Phi) is 9.88. The number of rotatable bonds is 7. The van der Waals surface area contributed by atoms with Gasteiger partial charge in [0.05, 0.1) is 13.2 Å². The van der Waals surface area contributed by atoms with Crippen LogP contribution in [0.3, 0.4) is 0 Å². The fourth-order valence-corrected chi connectivity index (χ4v) is 0.909. The van der Waals surface area contributed by atoms with Gasteiger partial charge in [-0.05, 0) is 25.7 Å². The average Bonchev–Trinajstić information content (AvgIpc) is 2.10. The van der Waals surface area contributed by atoms with Crippen LogP contribution in [0.5, 0.6) is 0 Å². The van der Waals surface area contributed by atoms with Gasteiger partial charge in [-0.1, -0.05) is 24.3 Å². The van der Waals surface area contributed by atoms with E-state index in [1.807, 2.05) is 12.2 Å². The topological polar surface area (TPSA) is 40.5 Å². The van der Waals surface area contributed by atoms with E-state index in [-0.39, 0.29) is 13.2 Å². The Labute approximate surface area is 74.2 Å². The van der Waals surface area contributed by atoms with Crippen molar-refractivity contribution < 1.29 is 10.2 Å². The van der Waals surface area contributed by atoms with Crippen LogP contribution in [0, 0.1) is 0 Å². The van der Waals surface area contributed by atoms with E-state index in [1.54, 1.807) is 12.2 Å². The zero-order valence-electron chi connectivity index (χ0n) is 7.45. The maximum atomic E-state index is 8.41. The van der Waals surface area contributed by atoms with E-state index >= 15 is 0 Å². The third kappa shape index (κ3) is 9.40. The first-order valence-electron chi connectivity index (χ1n) is 4.43. The molecule has 0 aromatic carbocycles. The summed E-state index contributed by atoms with van der Waals surface area (Å²) in [4.78, 5) is 0. The highest BCUT2D eigenvalue weighted by atomic mass is 16.3. The van der Waals surface area contributed by atoms with Crippen LogP contribution in [0.25, 0.3) is 0 Å². The molecule has 0 aliphatic rings. The normalized spacial score (nSPS) is 11.8. The molecule has 70 valence electrons. The van der Waals surface area contributed by atoms with Crippen molar-refractivity contribution in [1.82, 2.24) is 0 Å². The molecule has 0 unspecified atom stereocenters. The fraction of sp³-hybridized carbons (Fsp3) is 0.600. The lowest BCUT2D eigenvalue weighted by Gasteiger charge is -1.92. The van der Waals surface area contributed by atoms with Gasteiger partial charge < -0.3 is 10.2 Å². The molecule has 0 aromatic heterocycles. The lowest BCUT2D eigenvalue weighted by Crippen LogP contribution is -1.76. The van der Waals surface area contributed by atoms with Crippen molar-refractivity contribution in [2.45, 2.75) is 25.7 Å². The minimum absolute atomic E-state index is 0.143. The Morgan fingerprint density at radius 1 is 0.667 bits per heavy atom. The van der Waals surface area contributed by atoms with Gasteiger partial charge in [0.1, 0.15) is 0 Å². The first-order valence-corrected chi connectivity index (χ1v) is 4.43. The summed E-state index contributed by atoms with van der Waals surface area (Å²) in [5, 5.41) is 16.8. The summed E-state index contributed by atoms with van der Waals surface area (Å²) in [5.74, 6) is 0.